The van der Waals surface area contributed by atoms with Crippen molar-refractivity contribution >= 4 is 5.91 Å². The van der Waals surface area contributed by atoms with E-state index in [0.29, 0.717) is 24.6 Å². The van der Waals surface area contributed by atoms with Crippen molar-refractivity contribution in [3.05, 3.63) is 70.8 Å². The first-order valence-electron chi connectivity index (χ1n) is 11.5. The molecule has 2 aliphatic rings. The van der Waals surface area contributed by atoms with Crippen molar-refractivity contribution in [2.24, 2.45) is 5.92 Å². The van der Waals surface area contributed by atoms with Crippen LogP contribution in [0.3, 0.4) is 0 Å². The molecule has 5 nitrogen and oxygen atoms in total. The van der Waals surface area contributed by atoms with E-state index in [2.05, 4.69) is 35.2 Å². The van der Waals surface area contributed by atoms with Crippen LogP contribution >= 0.6 is 0 Å². The molecule has 166 valence electrons. The Morgan fingerprint density at radius 2 is 1.94 bits per heavy atom. The zero-order valence-corrected chi connectivity index (χ0v) is 18.5. The Bertz CT molecular complexity index is 878. The number of benzene rings is 2. The zero-order valence-electron chi connectivity index (χ0n) is 18.5. The van der Waals surface area contributed by atoms with Gasteiger partial charge in [0.2, 0.25) is 0 Å². The van der Waals surface area contributed by atoms with Crippen molar-refractivity contribution in [3.63, 3.8) is 0 Å². The smallest absolute Gasteiger partial charge is 0.253 e. The van der Waals surface area contributed by atoms with E-state index in [9.17, 15) is 9.90 Å². The lowest BCUT2D eigenvalue weighted by Crippen LogP contribution is -2.42. The first kappa shape index (κ1) is 22.0. The molecule has 5 heteroatoms. The predicted octanol–water partition coefficient (Wildman–Crippen LogP) is 3.15. The SMILES string of the molecule is CN(CC(O)CN1CCc2ccccc2C1)C(=O)c1cccc(CC2CCOCC2)c1. The van der Waals surface area contributed by atoms with Crippen LogP contribution in [0.1, 0.15) is 39.9 Å². The molecule has 0 radical (unpaired) electrons. The van der Waals surface area contributed by atoms with Gasteiger partial charge in [-0.3, -0.25) is 9.69 Å². The topological polar surface area (TPSA) is 53.0 Å². The number of rotatable bonds is 7. The van der Waals surface area contributed by atoms with Gasteiger partial charge >= 0.3 is 0 Å². The van der Waals surface area contributed by atoms with Gasteiger partial charge in [-0.25, -0.2) is 0 Å². The molecule has 2 aliphatic heterocycles. The Morgan fingerprint density at radius 3 is 2.74 bits per heavy atom. The summed E-state index contributed by atoms with van der Waals surface area (Å²) in [5, 5.41) is 10.6. The van der Waals surface area contributed by atoms with E-state index in [-0.39, 0.29) is 5.91 Å². The maximum Gasteiger partial charge on any atom is 0.253 e. The normalized spacial score (nSPS) is 18.4. The van der Waals surface area contributed by atoms with E-state index in [1.807, 2.05) is 18.2 Å². The number of β-amino-alcohol motifs (C(OH)–C–C–N with tert-alkyl or cyclic N) is 1. The molecule has 1 N–H and O–H groups in total. The van der Waals surface area contributed by atoms with Gasteiger partial charge in [-0.1, -0.05) is 36.4 Å². The molecule has 1 amide bonds. The molecule has 2 heterocycles. The second-order valence-corrected chi connectivity index (χ2v) is 9.05. The Labute approximate surface area is 185 Å². The molecule has 0 spiro atoms. The number of amides is 1. The van der Waals surface area contributed by atoms with Gasteiger partial charge in [0.25, 0.3) is 5.91 Å². The second kappa shape index (κ2) is 10.4. The number of aliphatic hydroxyl groups is 1. The molecule has 0 saturated carbocycles. The highest BCUT2D eigenvalue weighted by Crippen LogP contribution is 2.21. The number of nitrogens with zero attached hydrogens (tertiary/aromatic N) is 2. The largest absolute Gasteiger partial charge is 0.390 e. The minimum atomic E-state index is -0.565. The lowest BCUT2D eigenvalue weighted by atomic mass is 9.92. The van der Waals surface area contributed by atoms with E-state index in [1.54, 1.807) is 11.9 Å². The van der Waals surface area contributed by atoms with Gasteiger partial charge in [0.05, 0.1) is 6.10 Å². The minimum Gasteiger partial charge on any atom is -0.390 e. The summed E-state index contributed by atoms with van der Waals surface area (Å²) in [7, 11) is 1.78. The highest BCUT2D eigenvalue weighted by atomic mass is 16.5. The van der Waals surface area contributed by atoms with Crippen LogP contribution in [0.25, 0.3) is 0 Å². The van der Waals surface area contributed by atoms with E-state index >= 15 is 0 Å². The molecule has 1 fully saturated rings. The van der Waals surface area contributed by atoms with Crippen LogP contribution < -0.4 is 0 Å². The van der Waals surface area contributed by atoms with Crippen molar-refractivity contribution in [1.82, 2.24) is 9.80 Å². The number of ether oxygens (including phenoxy) is 1. The summed E-state index contributed by atoms with van der Waals surface area (Å²) in [5.74, 6) is 0.602. The molecule has 1 saturated heterocycles. The number of hydrogen-bond acceptors (Lipinski definition) is 4. The fourth-order valence-corrected chi connectivity index (χ4v) is 4.80. The second-order valence-electron chi connectivity index (χ2n) is 9.05. The van der Waals surface area contributed by atoms with E-state index in [4.69, 9.17) is 4.74 Å². The van der Waals surface area contributed by atoms with Gasteiger partial charge in [0.1, 0.15) is 0 Å². The van der Waals surface area contributed by atoms with Crippen LogP contribution in [0, 0.1) is 5.92 Å². The molecule has 31 heavy (non-hydrogen) atoms. The number of carbonyl (C=O) groups excluding carboxylic acids is 1. The Hall–Kier alpha value is -2.21. The number of hydrogen-bond donors (Lipinski definition) is 1. The molecule has 0 aliphatic carbocycles. The number of fused-ring (bicyclic) bond motifs is 1. The molecular weight excluding hydrogens is 388 g/mol. The molecule has 0 bridgehead atoms. The lowest BCUT2D eigenvalue weighted by Gasteiger charge is -2.31. The van der Waals surface area contributed by atoms with Gasteiger partial charge in [0.15, 0.2) is 0 Å². The third-order valence-electron chi connectivity index (χ3n) is 6.55. The summed E-state index contributed by atoms with van der Waals surface area (Å²) in [6, 6.07) is 16.5. The fourth-order valence-electron chi connectivity index (χ4n) is 4.80. The first-order chi connectivity index (χ1) is 15.1. The van der Waals surface area contributed by atoms with Crippen molar-refractivity contribution in [2.45, 2.75) is 38.3 Å². The molecule has 1 atom stereocenters. The monoisotopic (exact) mass is 422 g/mol. The van der Waals surface area contributed by atoms with Crippen LogP contribution in [0.2, 0.25) is 0 Å². The summed E-state index contributed by atoms with van der Waals surface area (Å²) < 4.78 is 5.45. The maximum absolute atomic E-state index is 13.0. The molecule has 1 unspecified atom stereocenters. The maximum atomic E-state index is 13.0. The molecule has 4 rings (SSSR count). The first-order valence-corrected chi connectivity index (χ1v) is 11.5. The van der Waals surface area contributed by atoms with Crippen LogP contribution in [0.15, 0.2) is 48.5 Å². The van der Waals surface area contributed by atoms with Gasteiger partial charge < -0.3 is 14.7 Å². The molecular formula is C26H34N2O3. The highest BCUT2D eigenvalue weighted by molar-refractivity contribution is 5.94. The highest BCUT2D eigenvalue weighted by Gasteiger charge is 2.21. The minimum absolute atomic E-state index is 0.0307. The summed E-state index contributed by atoms with van der Waals surface area (Å²) in [6.07, 6.45) is 3.62. The Balaban J connectivity index is 1.29. The Morgan fingerprint density at radius 1 is 1.16 bits per heavy atom. The van der Waals surface area contributed by atoms with Gasteiger partial charge in [-0.15, -0.1) is 0 Å². The average molecular weight is 423 g/mol. The number of aliphatic hydroxyl groups excluding tert-OH is 1. The Kier molecular flexibility index (Phi) is 7.38. The summed E-state index contributed by atoms with van der Waals surface area (Å²) >= 11 is 0. The fraction of sp³-hybridized carbons (Fsp3) is 0.500. The van der Waals surface area contributed by atoms with Crippen molar-refractivity contribution in [1.29, 1.82) is 0 Å². The molecule has 0 aromatic heterocycles. The standard InChI is InChI=1S/C26H34N2O3/c1-27(18-25(29)19-28-12-9-22-6-2-3-7-24(22)17-28)26(30)23-8-4-5-21(16-23)15-20-10-13-31-14-11-20/h2-8,16,20,25,29H,9-15,17-19H2,1H3. The van der Waals surface area contributed by atoms with Gasteiger partial charge in [0, 0.05) is 52.0 Å². The third kappa shape index (κ3) is 5.94. The quantitative estimate of drug-likeness (QED) is 0.745. The van der Waals surface area contributed by atoms with Crippen molar-refractivity contribution < 1.29 is 14.6 Å². The van der Waals surface area contributed by atoms with Crippen LogP contribution in [-0.4, -0.2) is 66.8 Å². The lowest BCUT2D eigenvalue weighted by molar-refractivity contribution is 0.0568. The average Bonchev–Trinajstić information content (AvgIpc) is 2.79. The summed E-state index contributed by atoms with van der Waals surface area (Å²) in [5.41, 5.74) is 4.65. The third-order valence-corrected chi connectivity index (χ3v) is 6.55. The van der Waals surface area contributed by atoms with E-state index in [1.165, 1.54) is 16.7 Å². The van der Waals surface area contributed by atoms with Crippen LogP contribution in [0.5, 0.6) is 0 Å². The van der Waals surface area contributed by atoms with Crippen molar-refractivity contribution in [3.8, 4) is 0 Å². The van der Waals surface area contributed by atoms with Crippen molar-refractivity contribution in [2.75, 3.05) is 39.9 Å². The summed E-state index contributed by atoms with van der Waals surface area (Å²) in [6.45, 7) is 4.40. The summed E-state index contributed by atoms with van der Waals surface area (Å²) in [4.78, 5) is 16.9. The van der Waals surface area contributed by atoms with E-state index in [0.717, 1.165) is 52.0 Å². The molecule has 2 aromatic rings. The number of carbonyl (C=O) groups is 1. The van der Waals surface area contributed by atoms with E-state index < -0.39 is 6.10 Å². The van der Waals surface area contributed by atoms with Gasteiger partial charge in [-0.2, -0.15) is 0 Å². The number of likely N-dealkylation sites (N-methyl/N-ethyl adjacent to an activating group) is 1. The van der Waals surface area contributed by atoms with Gasteiger partial charge in [-0.05, 0) is 60.4 Å². The van der Waals surface area contributed by atoms with Crippen LogP contribution in [-0.2, 0) is 24.1 Å². The zero-order chi connectivity index (χ0) is 21.6. The molecule has 2 aromatic carbocycles. The predicted molar refractivity (Wildman–Crippen MR) is 122 cm³/mol. The van der Waals surface area contributed by atoms with Crippen LogP contribution in [0.4, 0.5) is 0 Å².